The third-order valence-corrected chi connectivity index (χ3v) is 15.0. The van der Waals surface area contributed by atoms with Crippen LogP contribution in [0.4, 0.5) is 11.5 Å². The largest absolute Gasteiger partial charge is 0.457 e. The predicted octanol–water partition coefficient (Wildman–Crippen LogP) is 5.22. The normalized spacial score (nSPS) is 22.3. The maximum atomic E-state index is 13.3. The number of carbonyl (C=O) groups is 4. The second-order valence-electron chi connectivity index (χ2n) is 19.2. The van der Waals surface area contributed by atoms with E-state index in [4.69, 9.17) is 20.6 Å². The minimum absolute atomic E-state index is 0.108. The summed E-state index contributed by atoms with van der Waals surface area (Å²) in [6.07, 6.45) is 8.76. The lowest BCUT2D eigenvalue weighted by Gasteiger charge is -2.45. The molecule has 342 valence electrons. The van der Waals surface area contributed by atoms with Crippen molar-refractivity contribution in [3.63, 3.8) is 0 Å². The summed E-state index contributed by atoms with van der Waals surface area (Å²) in [5, 5.41) is 8.22. The Bertz CT molecular complexity index is 2630. The standard InChI is InChI=1S/C50H57N11O5/c51-46-44-45(34-6-9-39(10-7-34)66-38-4-2-1-3-5-38)55-61(47(44)53-31-52-46)36-18-24-58(25-19-36)35-16-22-57(23-17-35)27-32-14-20-56(21-15-32)28-33-29-59(30-33)37-8-11-40-41(26-37)50(65)60(49(40)64)42-12-13-43(62)54-48(42)63/h1-11,26,31-33,35-36,42H,12-25,27-30H2,(H2,51,52,53)(H,54,62,63). The first-order valence-corrected chi connectivity index (χ1v) is 23.8. The molecular weight excluding hydrogens is 835 g/mol. The third kappa shape index (κ3) is 8.30. The van der Waals surface area contributed by atoms with E-state index < -0.39 is 23.8 Å². The number of amides is 4. The number of nitrogen functional groups attached to an aromatic ring is 1. The van der Waals surface area contributed by atoms with Crippen LogP contribution >= 0.6 is 0 Å². The summed E-state index contributed by atoms with van der Waals surface area (Å²) in [5.74, 6) is 1.41. The Balaban J connectivity index is 0.613. The maximum Gasteiger partial charge on any atom is 0.262 e. The van der Waals surface area contributed by atoms with Gasteiger partial charge >= 0.3 is 0 Å². The Hall–Kier alpha value is -6.23. The summed E-state index contributed by atoms with van der Waals surface area (Å²) >= 11 is 0. The van der Waals surface area contributed by atoms with Gasteiger partial charge in [0.25, 0.3) is 11.8 Å². The lowest BCUT2D eigenvalue weighted by atomic mass is 9.92. The van der Waals surface area contributed by atoms with Gasteiger partial charge in [-0.05, 0) is 132 Å². The highest BCUT2D eigenvalue weighted by Gasteiger charge is 2.45. The summed E-state index contributed by atoms with van der Waals surface area (Å²) in [7, 11) is 0. The molecule has 5 fully saturated rings. The molecule has 6 aliphatic heterocycles. The lowest BCUT2D eigenvalue weighted by molar-refractivity contribution is -0.136. The van der Waals surface area contributed by atoms with Crippen LogP contribution in [0.25, 0.3) is 22.3 Å². The Labute approximate surface area is 384 Å². The molecule has 1 unspecified atom stereocenters. The number of fused-ring (bicyclic) bond motifs is 2. The Morgan fingerprint density at radius 1 is 0.682 bits per heavy atom. The zero-order valence-corrected chi connectivity index (χ0v) is 37.3. The van der Waals surface area contributed by atoms with Crippen LogP contribution in [0.2, 0.25) is 0 Å². The number of imide groups is 2. The van der Waals surface area contributed by atoms with Crippen LogP contribution in [-0.4, -0.2) is 141 Å². The van der Waals surface area contributed by atoms with Crippen molar-refractivity contribution < 1.29 is 23.9 Å². The number of nitrogens with zero attached hydrogens (tertiary/aromatic N) is 9. The minimum Gasteiger partial charge on any atom is -0.457 e. The molecule has 6 aliphatic rings. The van der Waals surface area contributed by atoms with E-state index in [1.807, 2.05) is 60.7 Å². The van der Waals surface area contributed by atoms with Crippen LogP contribution in [0.1, 0.15) is 78.1 Å². The summed E-state index contributed by atoms with van der Waals surface area (Å²) in [6.45, 7) is 10.8. The Kier molecular flexibility index (Phi) is 11.5. The number of rotatable bonds is 11. The van der Waals surface area contributed by atoms with E-state index in [0.29, 0.717) is 28.9 Å². The quantitative estimate of drug-likeness (QED) is 0.166. The topological polar surface area (TPSA) is 175 Å². The number of piperidine rings is 4. The van der Waals surface area contributed by atoms with Gasteiger partial charge in [0.2, 0.25) is 11.8 Å². The molecule has 3 aromatic carbocycles. The zero-order valence-electron chi connectivity index (χ0n) is 37.3. The van der Waals surface area contributed by atoms with Crippen molar-refractivity contribution in [3.05, 3.63) is 90.3 Å². The number of anilines is 2. The number of likely N-dealkylation sites (tertiary alicyclic amines) is 3. The highest BCUT2D eigenvalue weighted by molar-refractivity contribution is 6.23. The highest BCUT2D eigenvalue weighted by Crippen LogP contribution is 2.37. The van der Waals surface area contributed by atoms with Crippen LogP contribution in [0.3, 0.4) is 0 Å². The summed E-state index contributed by atoms with van der Waals surface area (Å²) in [4.78, 5) is 71.0. The molecule has 16 nitrogen and oxygen atoms in total. The molecule has 0 aliphatic carbocycles. The van der Waals surface area contributed by atoms with E-state index in [9.17, 15) is 19.2 Å². The molecule has 0 bridgehead atoms. The van der Waals surface area contributed by atoms with Crippen LogP contribution in [0.5, 0.6) is 11.5 Å². The zero-order chi connectivity index (χ0) is 44.9. The van der Waals surface area contributed by atoms with Gasteiger partial charge in [0, 0.05) is 68.9 Å². The molecule has 66 heavy (non-hydrogen) atoms. The van der Waals surface area contributed by atoms with Gasteiger partial charge in [0.05, 0.1) is 22.6 Å². The van der Waals surface area contributed by atoms with Crippen molar-refractivity contribution >= 4 is 46.2 Å². The van der Waals surface area contributed by atoms with Gasteiger partial charge in [-0.25, -0.2) is 14.6 Å². The fourth-order valence-corrected chi connectivity index (χ4v) is 11.4. The fraction of sp³-hybridized carbons (Fsp3) is 0.460. The van der Waals surface area contributed by atoms with E-state index in [-0.39, 0.29) is 24.8 Å². The first-order chi connectivity index (χ1) is 32.2. The number of ether oxygens (including phenoxy) is 1. The number of benzene rings is 3. The Morgan fingerprint density at radius 2 is 1.35 bits per heavy atom. The first kappa shape index (κ1) is 42.4. The molecule has 0 saturated carbocycles. The molecule has 4 amide bonds. The van der Waals surface area contributed by atoms with Gasteiger partial charge in [0.1, 0.15) is 35.4 Å². The number of para-hydroxylation sites is 1. The number of nitrogens with one attached hydrogen (secondary N) is 1. The number of nitrogens with two attached hydrogens (primary N) is 1. The second kappa shape index (κ2) is 17.9. The van der Waals surface area contributed by atoms with Crippen LogP contribution in [-0.2, 0) is 9.59 Å². The van der Waals surface area contributed by atoms with Gasteiger partial charge in [0.15, 0.2) is 5.65 Å². The van der Waals surface area contributed by atoms with Crippen molar-refractivity contribution in [1.29, 1.82) is 0 Å². The van der Waals surface area contributed by atoms with Crippen molar-refractivity contribution in [2.45, 2.75) is 69.5 Å². The maximum absolute atomic E-state index is 13.3. The number of aromatic nitrogens is 4. The molecule has 3 N–H and O–H groups in total. The van der Waals surface area contributed by atoms with E-state index >= 15 is 0 Å². The van der Waals surface area contributed by atoms with Crippen LogP contribution in [0.15, 0.2) is 79.1 Å². The molecule has 5 aromatic rings. The highest BCUT2D eigenvalue weighted by atomic mass is 16.5. The second-order valence-corrected chi connectivity index (χ2v) is 19.2. The number of carbonyl (C=O) groups excluding carboxylic acids is 4. The van der Waals surface area contributed by atoms with Gasteiger partial charge in [-0.1, -0.05) is 18.2 Å². The smallest absolute Gasteiger partial charge is 0.262 e. The molecule has 0 spiro atoms. The molecule has 2 aromatic heterocycles. The van der Waals surface area contributed by atoms with Crippen LogP contribution < -0.4 is 20.7 Å². The lowest BCUT2D eigenvalue weighted by Crippen LogP contribution is -2.54. The summed E-state index contributed by atoms with van der Waals surface area (Å²) < 4.78 is 8.14. The minimum atomic E-state index is -0.952. The van der Waals surface area contributed by atoms with E-state index in [2.05, 4.69) is 34.6 Å². The van der Waals surface area contributed by atoms with Crippen LogP contribution in [0, 0.1) is 11.8 Å². The van der Waals surface area contributed by atoms with Crippen molar-refractivity contribution in [2.75, 3.05) is 76.1 Å². The molecule has 1 atom stereocenters. The van der Waals surface area contributed by atoms with E-state index in [0.717, 1.165) is 109 Å². The average Bonchev–Trinajstić information content (AvgIpc) is 3.84. The number of hydrogen-bond acceptors (Lipinski definition) is 13. The first-order valence-electron chi connectivity index (χ1n) is 23.8. The molecule has 16 heteroatoms. The third-order valence-electron chi connectivity index (χ3n) is 15.0. The van der Waals surface area contributed by atoms with E-state index in [1.54, 1.807) is 18.5 Å². The predicted molar refractivity (Wildman–Crippen MR) is 249 cm³/mol. The van der Waals surface area contributed by atoms with Gasteiger partial charge < -0.3 is 30.1 Å². The van der Waals surface area contributed by atoms with Crippen molar-refractivity contribution in [2.24, 2.45) is 11.8 Å². The van der Waals surface area contributed by atoms with Gasteiger partial charge in [-0.15, -0.1) is 0 Å². The van der Waals surface area contributed by atoms with Crippen molar-refractivity contribution in [3.8, 4) is 22.8 Å². The average molecular weight is 892 g/mol. The summed E-state index contributed by atoms with van der Waals surface area (Å²) in [5.41, 5.74) is 10.6. The Morgan fingerprint density at radius 3 is 2.08 bits per heavy atom. The SMILES string of the molecule is Nc1ncnc2c1c(-c1ccc(Oc3ccccc3)cc1)nn2C1CCN(C2CCN(CC3CCN(CC4CN(c5ccc6c(c5)C(=O)N(C5CCC(=O)NC5=O)C6=O)C4)CC3)CC2)CC1. The molecular formula is C50H57N11O5. The molecule has 0 radical (unpaired) electrons. The monoisotopic (exact) mass is 891 g/mol. The van der Waals surface area contributed by atoms with E-state index in [1.165, 1.54) is 45.3 Å². The molecule has 8 heterocycles. The fourth-order valence-electron chi connectivity index (χ4n) is 11.4. The number of hydrogen-bond donors (Lipinski definition) is 2. The molecule has 5 saturated heterocycles. The summed E-state index contributed by atoms with van der Waals surface area (Å²) in [6, 6.07) is 23.1. The molecule has 11 rings (SSSR count). The van der Waals surface area contributed by atoms with Crippen molar-refractivity contribution in [1.82, 2.24) is 44.7 Å². The van der Waals surface area contributed by atoms with Gasteiger partial charge in [-0.3, -0.25) is 29.4 Å². The van der Waals surface area contributed by atoms with Gasteiger partial charge in [-0.2, -0.15) is 5.10 Å².